The van der Waals surface area contributed by atoms with Gasteiger partial charge in [0.2, 0.25) is 0 Å². The van der Waals surface area contributed by atoms with Crippen LogP contribution < -0.4 is 72.7 Å². The maximum absolute atomic E-state index is 5.67. The van der Waals surface area contributed by atoms with Gasteiger partial charge in [-0.3, -0.25) is 0 Å². The molecule has 0 saturated heterocycles. The van der Waals surface area contributed by atoms with E-state index in [1.165, 1.54) is 0 Å². The summed E-state index contributed by atoms with van der Waals surface area (Å²) in [5, 5.41) is 8.69. The van der Waals surface area contributed by atoms with Crippen molar-refractivity contribution in [2.75, 3.05) is 18.8 Å². The summed E-state index contributed by atoms with van der Waals surface area (Å²) < 4.78 is 4.12. The third-order valence-corrected chi connectivity index (χ3v) is 3.29. The number of anilines is 1. The fourth-order valence-electron chi connectivity index (χ4n) is 2.09. The van der Waals surface area contributed by atoms with Gasteiger partial charge in [-0.1, -0.05) is 5.11 Å². The molecule has 2 aromatic rings. The van der Waals surface area contributed by atoms with Crippen LogP contribution in [0, 0.1) is 0 Å². The lowest BCUT2D eigenvalue weighted by atomic mass is 10.3. The zero-order valence-electron chi connectivity index (χ0n) is 13.9. The van der Waals surface area contributed by atoms with Crippen LogP contribution in [0.4, 0.5) is 17.3 Å². The van der Waals surface area contributed by atoms with E-state index in [-0.39, 0.29) is 50.9 Å². The van der Waals surface area contributed by atoms with Crippen molar-refractivity contribution in [3.63, 3.8) is 0 Å². The third kappa shape index (κ3) is 8.41. The van der Waals surface area contributed by atoms with E-state index in [4.69, 9.17) is 17.2 Å². The maximum atomic E-state index is 5.67. The van der Waals surface area contributed by atoms with E-state index in [1.807, 2.05) is 36.7 Å². The smallest absolute Gasteiger partial charge is 0.421 e. The molecule has 1 heterocycles. The third-order valence-electron chi connectivity index (χ3n) is 3.29. The number of nitrogen functional groups attached to an aromatic ring is 1. The number of imidazole rings is 1. The highest BCUT2D eigenvalue weighted by atomic mass is 79.9. The Kier molecular flexibility index (Phi) is 15.2. The van der Waals surface area contributed by atoms with E-state index in [1.54, 1.807) is 0 Å². The van der Waals surface area contributed by atoms with Crippen LogP contribution in [-0.2, 0) is 13.1 Å². The first-order valence-corrected chi connectivity index (χ1v) is 7.50. The fourth-order valence-corrected chi connectivity index (χ4v) is 2.09. The molecular formula is C15H24Br3N7-2. The van der Waals surface area contributed by atoms with Gasteiger partial charge in [0.1, 0.15) is 5.69 Å². The van der Waals surface area contributed by atoms with Gasteiger partial charge in [0.25, 0.3) is 0 Å². The minimum absolute atomic E-state index is 0. The molecule has 142 valence electrons. The molecule has 0 radical (unpaired) electrons. The molecule has 6 N–H and O–H groups in total. The highest BCUT2D eigenvalue weighted by Gasteiger charge is 2.16. The summed E-state index contributed by atoms with van der Waals surface area (Å²) in [4.78, 5) is 0. The van der Waals surface area contributed by atoms with Crippen LogP contribution in [0.5, 0.6) is 0 Å². The summed E-state index contributed by atoms with van der Waals surface area (Å²) in [6.07, 6.45) is 5.80. The Bertz CT molecular complexity index is 589. The van der Waals surface area contributed by atoms with Gasteiger partial charge >= 0.3 is 5.95 Å². The summed E-state index contributed by atoms with van der Waals surface area (Å²) in [6.45, 7) is 2.94. The Morgan fingerprint density at radius 1 is 0.920 bits per heavy atom. The Labute approximate surface area is 180 Å². The van der Waals surface area contributed by atoms with Gasteiger partial charge in [-0.2, -0.15) is 0 Å². The molecule has 0 spiro atoms. The summed E-state index contributed by atoms with van der Waals surface area (Å²) >= 11 is 0. The molecular weight excluding hydrogens is 518 g/mol. The molecule has 0 aliphatic carbocycles. The van der Waals surface area contributed by atoms with Crippen LogP contribution in [0.3, 0.4) is 0 Å². The van der Waals surface area contributed by atoms with E-state index in [2.05, 4.69) is 19.4 Å². The standard InChI is InChI=1S/C15H23N7.3BrH/c16-7-1-9-21-11-12-22(10-2-8-17)15(21)20-19-14-5-3-13(18)4-6-14;;;/h3-6,11-12,18H,1-2,7-10,16-17H2;3*1H/p-2. The molecule has 0 atom stereocenters. The second-order valence-corrected chi connectivity index (χ2v) is 5.06. The molecule has 0 aliphatic heterocycles. The first-order chi connectivity index (χ1) is 10.7. The number of rotatable bonds is 8. The molecule has 7 nitrogen and oxygen atoms in total. The van der Waals surface area contributed by atoms with Crippen LogP contribution in [-0.4, -0.2) is 17.7 Å². The lowest BCUT2D eigenvalue weighted by molar-refractivity contribution is -0.683. The van der Waals surface area contributed by atoms with Gasteiger partial charge in [-0.15, -0.1) is 0 Å². The summed E-state index contributed by atoms with van der Waals surface area (Å²) in [7, 11) is 0. The summed E-state index contributed by atoms with van der Waals surface area (Å²) in [5.74, 6) is 0.804. The molecule has 1 aromatic heterocycles. The average Bonchev–Trinajstić information content (AvgIpc) is 2.92. The number of hydrogen-bond acceptors (Lipinski definition) is 5. The van der Waals surface area contributed by atoms with E-state index in [0.717, 1.165) is 37.6 Å². The molecule has 25 heavy (non-hydrogen) atoms. The van der Waals surface area contributed by atoms with Crippen LogP contribution >= 0.6 is 0 Å². The normalized spacial score (nSPS) is 10.0. The molecule has 0 unspecified atom stereocenters. The van der Waals surface area contributed by atoms with Gasteiger partial charge in [0, 0.05) is 10.8 Å². The number of hydrogen-bond donors (Lipinski definition) is 3. The lowest BCUT2D eigenvalue weighted by Gasteiger charge is -1.99. The van der Waals surface area contributed by atoms with Crippen LogP contribution in [0.15, 0.2) is 46.9 Å². The van der Waals surface area contributed by atoms with Crippen molar-refractivity contribution in [1.29, 1.82) is 0 Å². The van der Waals surface area contributed by atoms with Crippen molar-refractivity contribution >= 4 is 17.3 Å². The zero-order valence-corrected chi connectivity index (χ0v) is 18.6. The number of nitrogens with zero attached hydrogens (tertiary/aromatic N) is 4. The summed E-state index contributed by atoms with van der Waals surface area (Å²) in [5.41, 5.74) is 18.3. The summed E-state index contributed by atoms with van der Waals surface area (Å²) in [6, 6.07) is 7.31. The number of aryl methyl sites for hydroxylation is 2. The second kappa shape index (κ2) is 14.4. The quantitative estimate of drug-likeness (QED) is 0.175. The van der Waals surface area contributed by atoms with E-state index in [9.17, 15) is 0 Å². The second-order valence-electron chi connectivity index (χ2n) is 5.06. The highest BCUT2D eigenvalue weighted by Crippen LogP contribution is 2.17. The van der Waals surface area contributed by atoms with Crippen molar-refractivity contribution in [1.82, 2.24) is 4.57 Å². The predicted molar refractivity (Wildman–Crippen MR) is 87.0 cm³/mol. The molecule has 0 fully saturated rings. The van der Waals surface area contributed by atoms with Crippen molar-refractivity contribution in [2.24, 2.45) is 21.7 Å². The Morgan fingerprint density at radius 3 is 2.16 bits per heavy atom. The van der Waals surface area contributed by atoms with Crippen LogP contribution in [0.1, 0.15) is 12.8 Å². The lowest BCUT2D eigenvalue weighted by Crippen LogP contribution is -3.00. The van der Waals surface area contributed by atoms with Gasteiger partial charge < -0.3 is 68.1 Å². The number of aromatic nitrogens is 2. The highest BCUT2D eigenvalue weighted by molar-refractivity contribution is 5.47. The van der Waals surface area contributed by atoms with Gasteiger partial charge in [-0.05, 0) is 50.2 Å². The van der Waals surface area contributed by atoms with E-state index < -0.39 is 0 Å². The van der Waals surface area contributed by atoms with Crippen molar-refractivity contribution < 1.29 is 55.5 Å². The van der Waals surface area contributed by atoms with E-state index >= 15 is 0 Å². The minimum Gasteiger partial charge on any atom is -1.00 e. The fraction of sp³-hybridized carbons (Fsp3) is 0.400. The largest absolute Gasteiger partial charge is 1.00 e. The van der Waals surface area contributed by atoms with Gasteiger partial charge in [0.05, 0.1) is 25.5 Å². The Balaban J connectivity index is 0. The molecule has 2 rings (SSSR count). The molecule has 1 aromatic carbocycles. The number of benzene rings is 1. The van der Waals surface area contributed by atoms with Crippen molar-refractivity contribution in [2.45, 2.75) is 25.9 Å². The minimum atomic E-state index is 0. The molecule has 0 bridgehead atoms. The van der Waals surface area contributed by atoms with Gasteiger partial charge in [0.15, 0.2) is 0 Å². The first-order valence-electron chi connectivity index (χ1n) is 7.50. The SMILES string of the molecule is NCCCn1cc[n+](CCCN)c1N=Nc1ccc(N)cc1.[Br-].[Br-].[Br-]. The Hall–Kier alpha value is -0.810. The van der Waals surface area contributed by atoms with Crippen LogP contribution in [0.25, 0.3) is 0 Å². The van der Waals surface area contributed by atoms with E-state index in [0.29, 0.717) is 18.8 Å². The monoisotopic (exact) mass is 539 g/mol. The van der Waals surface area contributed by atoms with Gasteiger partial charge in [-0.25, -0.2) is 9.13 Å². The Morgan fingerprint density at radius 2 is 1.56 bits per heavy atom. The van der Waals surface area contributed by atoms with Crippen LogP contribution in [0.2, 0.25) is 0 Å². The predicted octanol–water partition coefficient (Wildman–Crippen LogP) is -7.52. The number of nitrogens with two attached hydrogens (primary N) is 3. The maximum Gasteiger partial charge on any atom is 0.421 e. The molecule has 0 amide bonds. The number of halogens is 3. The molecule has 10 heteroatoms. The van der Waals surface area contributed by atoms with Crippen molar-refractivity contribution in [3.8, 4) is 0 Å². The molecule has 0 saturated carbocycles. The topological polar surface area (TPSA) is 112 Å². The molecule has 0 aliphatic rings. The first kappa shape index (κ1) is 26.4. The number of azo groups is 1. The van der Waals surface area contributed by atoms with Crippen molar-refractivity contribution in [3.05, 3.63) is 36.7 Å². The average molecular weight is 542 g/mol. The zero-order chi connectivity index (χ0) is 15.8.